The van der Waals surface area contributed by atoms with E-state index < -0.39 is 0 Å². The van der Waals surface area contributed by atoms with Gasteiger partial charge < -0.3 is 9.88 Å². The van der Waals surface area contributed by atoms with Gasteiger partial charge in [-0.15, -0.1) is 35.0 Å². The number of aryl methyl sites for hydroxylation is 1. The minimum Gasteiger partial charge on any atom is -0.317 e. The maximum absolute atomic E-state index is 4.19. The van der Waals surface area contributed by atoms with Gasteiger partial charge in [0.25, 0.3) is 0 Å². The van der Waals surface area contributed by atoms with Gasteiger partial charge in [0.15, 0.2) is 0 Å². The van der Waals surface area contributed by atoms with E-state index in [9.17, 15) is 0 Å². The number of piperidine rings is 1. The second-order valence-electron chi connectivity index (χ2n) is 3.67. The standard InChI is InChI=1S/C9H16N4.2ClH/c1-7-11-12-9(13(7)2)8-5-3-4-6-10-8;;/h8,10H,3-6H2,1-2H3;2*1H. The van der Waals surface area contributed by atoms with Gasteiger partial charge in [-0.25, -0.2) is 0 Å². The van der Waals surface area contributed by atoms with Gasteiger partial charge in [-0.3, -0.25) is 0 Å². The molecule has 4 nitrogen and oxygen atoms in total. The van der Waals surface area contributed by atoms with Crippen molar-refractivity contribution in [2.24, 2.45) is 7.05 Å². The molecule has 1 aliphatic heterocycles. The molecule has 0 aromatic carbocycles. The first kappa shape index (κ1) is 14.7. The van der Waals surface area contributed by atoms with Crippen LogP contribution in [-0.2, 0) is 7.05 Å². The Bertz CT molecular complexity index is 294. The summed E-state index contributed by atoms with van der Waals surface area (Å²) in [5, 5.41) is 11.7. The van der Waals surface area contributed by atoms with E-state index in [2.05, 4.69) is 20.1 Å². The zero-order valence-electron chi connectivity index (χ0n) is 9.06. The highest BCUT2D eigenvalue weighted by Gasteiger charge is 2.19. The summed E-state index contributed by atoms with van der Waals surface area (Å²) in [4.78, 5) is 0. The van der Waals surface area contributed by atoms with Crippen molar-refractivity contribution in [2.75, 3.05) is 6.54 Å². The number of aromatic nitrogens is 3. The van der Waals surface area contributed by atoms with Crippen molar-refractivity contribution < 1.29 is 0 Å². The Morgan fingerprint density at radius 3 is 2.47 bits per heavy atom. The van der Waals surface area contributed by atoms with E-state index in [1.807, 2.05) is 14.0 Å². The van der Waals surface area contributed by atoms with Gasteiger partial charge in [-0.1, -0.05) is 6.42 Å². The van der Waals surface area contributed by atoms with Crippen LogP contribution in [0.3, 0.4) is 0 Å². The molecule has 2 heterocycles. The molecule has 1 aromatic heterocycles. The summed E-state index contributed by atoms with van der Waals surface area (Å²) >= 11 is 0. The van der Waals surface area contributed by atoms with Crippen molar-refractivity contribution in [3.8, 4) is 0 Å². The first-order valence-corrected chi connectivity index (χ1v) is 4.88. The fraction of sp³-hybridized carbons (Fsp3) is 0.778. The number of hydrogen-bond donors (Lipinski definition) is 1. The largest absolute Gasteiger partial charge is 0.317 e. The third-order valence-electron chi connectivity index (χ3n) is 2.75. The Morgan fingerprint density at radius 2 is 2.00 bits per heavy atom. The van der Waals surface area contributed by atoms with Crippen molar-refractivity contribution in [1.29, 1.82) is 0 Å². The highest BCUT2D eigenvalue weighted by molar-refractivity contribution is 5.85. The van der Waals surface area contributed by atoms with Crippen molar-refractivity contribution in [3.05, 3.63) is 11.6 Å². The molecule has 1 fully saturated rings. The summed E-state index contributed by atoms with van der Waals surface area (Å²) < 4.78 is 2.07. The van der Waals surface area contributed by atoms with E-state index in [0.717, 1.165) is 18.2 Å². The van der Waals surface area contributed by atoms with Crippen molar-refractivity contribution in [2.45, 2.75) is 32.2 Å². The smallest absolute Gasteiger partial charge is 0.149 e. The zero-order valence-corrected chi connectivity index (χ0v) is 10.7. The lowest BCUT2D eigenvalue weighted by Crippen LogP contribution is -2.28. The molecular formula is C9H18Cl2N4. The molecule has 1 saturated heterocycles. The first-order chi connectivity index (χ1) is 6.29. The van der Waals surface area contributed by atoms with Gasteiger partial charge in [0, 0.05) is 7.05 Å². The van der Waals surface area contributed by atoms with Crippen molar-refractivity contribution in [1.82, 2.24) is 20.1 Å². The predicted molar refractivity (Wildman–Crippen MR) is 64.8 cm³/mol. The molecule has 88 valence electrons. The van der Waals surface area contributed by atoms with Crippen LogP contribution in [0.25, 0.3) is 0 Å². The average molecular weight is 253 g/mol. The van der Waals surface area contributed by atoms with Crippen LogP contribution >= 0.6 is 24.8 Å². The molecule has 0 bridgehead atoms. The van der Waals surface area contributed by atoms with Crippen LogP contribution in [0, 0.1) is 6.92 Å². The lowest BCUT2D eigenvalue weighted by molar-refractivity contribution is 0.389. The molecule has 0 saturated carbocycles. The quantitative estimate of drug-likeness (QED) is 0.829. The van der Waals surface area contributed by atoms with E-state index in [1.165, 1.54) is 19.3 Å². The molecule has 0 aliphatic carbocycles. The number of nitrogens with zero attached hydrogens (tertiary/aromatic N) is 3. The molecule has 2 rings (SSSR count). The maximum Gasteiger partial charge on any atom is 0.149 e. The van der Waals surface area contributed by atoms with Crippen LogP contribution < -0.4 is 5.32 Å². The molecule has 6 heteroatoms. The topological polar surface area (TPSA) is 42.7 Å². The molecule has 15 heavy (non-hydrogen) atoms. The number of nitrogens with one attached hydrogen (secondary N) is 1. The third-order valence-corrected chi connectivity index (χ3v) is 2.75. The summed E-state index contributed by atoms with van der Waals surface area (Å²) in [5.74, 6) is 2.07. The van der Waals surface area contributed by atoms with E-state index >= 15 is 0 Å². The summed E-state index contributed by atoms with van der Waals surface area (Å²) in [5.41, 5.74) is 0. The molecule has 1 N–H and O–H groups in total. The first-order valence-electron chi connectivity index (χ1n) is 4.88. The lowest BCUT2D eigenvalue weighted by atomic mass is 10.0. The van der Waals surface area contributed by atoms with E-state index in [4.69, 9.17) is 0 Å². The van der Waals surface area contributed by atoms with Crippen LogP contribution in [0.15, 0.2) is 0 Å². The van der Waals surface area contributed by atoms with Gasteiger partial charge in [-0.05, 0) is 26.3 Å². The third kappa shape index (κ3) is 3.06. The molecule has 1 aliphatic rings. The predicted octanol–water partition coefficient (Wildman–Crippen LogP) is 1.78. The summed E-state index contributed by atoms with van der Waals surface area (Å²) in [6.45, 7) is 3.09. The second kappa shape index (κ2) is 6.30. The van der Waals surface area contributed by atoms with E-state index in [1.54, 1.807) is 0 Å². The van der Waals surface area contributed by atoms with Gasteiger partial charge in [0.05, 0.1) is 6.04 Å². The minimum absolute atomic E-state index is 0. The lowest BCUT2D eigenvalue weighted by Gasteiger charge is -2.22. The summed E-state index contributed by atoms with van der Waals surface area (Å²) in [7, 11) is 2.03. The monoisotopic (exact) mass is 252 g/mol. The zero-order chi connectivity index (χ0) is 9.26. The Hall–Kier alpha value is -0.320. The fourth-order valence-electron chi connectivity index (χ4n) is 1.80. The number of rotatable bonds is 1. The summed E-state index contributed by atoms with van der Waals surface area (Å²) in [6.07, 6.45) is 3.77. The Kier molecular flexibility index (Phi) is 6.17. The fourth-order valence-corrected chi connectivity index (χ4v) is 1.80. The van der Waals surface area contributed by atoms with Crippen molar-refractivity contribution >= 4 is 24.8 Å². The normalized spacial score (nSPS) is 20.3. The van der Waals surface area contributed by atoms with Gasteiger partial charge >= 0.3 is 0 Å². The highest BCUT2D eigenvalue weighted by atomic mass is 35.5. The van der Waals surface area contributed by atoms with Crippen LogP contribution in [-0.4, -0.2) is 21.3 Å². The molecule has 0 radical (unpaired) electrons. The van der Waals surface area contributed by atoms with E-state index in [-0.39, 0.29) is 24.8 Å². The van der Waals surface area contributed by atoms with Crippen LogP contribution in [0.2, 0.25) is 0 Å². The Morgan fingerprint density at radius 1 is 1.27 bits per heavy atom. The molecule has 1 aromatic rings. The van der Waals surface area contributed by atoms with E-state index in [0.29, 0.717) is 6.04 Å². The number of halogens is 2. The minimum atomic E-state index is 0. The molecule has 1 atom stereocenters. The Balaban J connectivity index is 0.000000980. The molecule has 0 spiro atoms. The number of hydrogen-bond acceptors (Lipinski definition) is 3. The highest BCUT2D eigenvalue weighted by Crippen LogP contribution is 2.20. The van der Waals surface area contributed by atoms with Gasteiger partial charge in [0.2, 0.25) is 0 Å². The van der Waals surface area contributed by atoms with Gasteiger partial charge in [0.1, 0.15) is 11.6 Å². The summed E-state index contributed by atoms with van der Waals surface area (Å²) in [6, 6.07) is 0.417. The second-order valence-corrected chi connectivity index (χ2v) is 3.67. The molecule has 1 unspecified atom stereocenters. The van der Waals surface area contributed by atoms with Crippen LogP contribution in [0.5, 0.6) is 0 Å². The maximum atomic E-state index is 4.19. The molecular weight excluding hydrogens is 235 g/mol. The van der Waals surface area contributed by atoms with Crippen LogP contribution in [0.4, 0.5) is 0 Å². The van der Waals surface area contributed by atoms with Gasteiger partial charge in [-0.2, -0.15) is 0 Å². The SMILES string of the molecule is Cc1nnc(C2CCCCN2)n1C.Cl.Cl. The Labute approximate surface area is 103 Å². The van der Waals surface area contributed by atoms with Crippen molar-refractivity contribution in [3.63, 3.8) is 0 Å². The molecule has 0 amide bonds. The van der Waals surface area contributed by atoms with Crippen LogP contribution in [0.1, 0.15) is 37.0 Å². The average Bonchev–Trinajstić information content (AvgIpc) is 2.49.